The summed E-state index contributed by atoms with van der Waals surface area (Å²) in [6, 6.07) is 6.89. The third-order valence-corrected chi connectivity index (χ3v) is 4.14. The minimum absolute atomic E-state index is 0.0349. The number of thiazole rings is 1. The molecule has 0 radical (unpaired) electrons. The molecule has 0 atom stereocenters. The van der Waals surface area contributed by atoms with Crippen LogP contribution in [0, 0.1) is 0 Å². The highest BCUT2D eigenvalue weighted by Gasteiger charge is 2.11. The number of halogens is 1. The molecule has 0 saturated heterocycles. The molecule has 2 rings (SSSR count). The predicted molar refractivity (Wildman–Crippen MR) is 84.4 cm³/mol. The summed E-state index contributed by atoms with van der Waals surface area (Å²) in [5, 5.41) is 4.98. The van der Waals surface area contributed by atoms with Gasteiger partial charge in [0.15, 0.2) is 5.13 Å². The van der Waals surface area contributed by atoms with E-state index in [2.05, 4.69) is 15.0 Å². The number of anilines is 2. The topological polar surface area (TPSA) is 88.2 Å². The SMILES string of the molecule is CS(=O)(=O)Nc1nc(CC(=O)Nc2ccccc2Cl)cs1. The zero-order valence-corrected chi connectivity index (χ0v) is 13.3. The van der Waals surface area contributed by atoms with Gasteiger partial charge in [0.05, 0.1) is 29.1 Å². The number of nitrogens with one attached hydrogen (secondary N) is 2. The second kappa shape index (κ2) is 6.42. The second-order valence-corrected chi connectivity index (χ2v) is 7.24. The lowest BCUT2D eigenvalue weighted by Gasteiger charge is -2.05. The minimum Gasteiger partial charge on any atom is -0.324 e. The van der Waals surface area contributed by atoms with E-state index in [0.717, 1.165) is 17.6 Å². The lowest BCUT2D eigenvalue weighted by atomic mass is 10.3. The maximum atomic E-state index is 11.9. The average Bonchev–Trinajstić information content (AvgIpc) is 2.77. The van der Waals surface area contributed by atoms with Gasteiger partial charge in [-0.25, -0.2) is 13.4 Å². The van der Waals surface area contributed by atoms with E-state index in [1.807, 2.05) is 0 Å². The first-order valence-electron chi connectivity index (χ1n) is 5.80. The molecule has 21 heavy (non-hydrogen) atoms. The Bertz CT molecular complexity index is 759. The van der Waals surface area contributed by atoms with Crippen LogP contribution < -0.4 is 10.0 Å². The van der Waals surface area contributed by atoms with Crippen molar-refractivity contribution in [1.82, 2.24) is 4.98 Å². The van der Waals surface area contributed by atoms with Gasteiger partial charge in [-0.2, -0.15) is 0 Å². The number of aromatic nitrogens is 1. The fraction of sp³-hybridized carbons (Fsp3) is 0.167. The molecule has 1 heterocycles. The molecule has 1 aromatic carbocycles. The van der Waals surface area contributed by atoms with Crippen molar-refractivity contribution in [3.05, 3.63) is 40.4 Å². The Morgan fingerprint density at radius 3 is 2.76 bits per heavy atom. The number of amides is 1. The summed E-state index contributed by atoms with van der Waals surface area (Å²) in [5.74, 6) is -0.278. The van der Waals surface area contributed by atoms with Crippen molar-refractivity contribution in [2.45, 2.75) is 6.42 Å². The van der Waals surface area contributed by atoms with Crippen LogP contribution in [0.1, 0.15) is 5.69 Å². The highest BCUT2D eigenvalue weighted by atomic mass is 35.5. The molecule has 2 aromatic rings. The average molecular weight is 346 g/mol. The Kier molecular flexibility index (Phi) is 4.81. The number of carbonyl (C=O) groups excluding carboxylic acids is 1. The van der Waals surface area contributed by atoms with Crippen molar-refractivity contribution in [2.24, 2.45) is 0 Å². The predicted octanol–water partition coefficient (Wildman–Crippen LogP) is 2.35. The fourth-order valence-corrected chi connectivity index (χ4v) is 3.26. The maximum Gasteiger partial charge on any atom is 0.231 e. The number of nitrogens with zero attached hydrogens (tertiary/aromatic N) is 1. The maximum absolute atomic E-state index is 11.9. The molecular formula is C12H12ClN3O3S2. The number of rotatable bonds is 5. The molecule has 0 aliphatic carbocycles. The van der Waals surface area contributed by atoms with Gasteiger partial charge in [0.1, 0.15) is 0 Å². The summed E-state index contributed by atoms with van der Waals surface area (Å²) in [6.45, 7) is 0. The van der Waals surface area contributed by atoms with Gasteiger partial charge in [-0.1, -0.05) is 23.7 Å². The highest BCUT2D eigenvalue weighted by Crippen LogP contribution is 2.21. The van der Waals surface area contributed by atoms with Gasteiger partial charge in [-0.3, -0.25) is 9.52 Å². The van der Waals surface area contributed by atoms with Crippen molar-refractivity contribution in [1.29, 1.82) is 0 Å². The van der Waals surface area contributed by atoms with Gasteiger partial charge in [-0.05, 0) is 12.1 Å². The Balaban J connectivity index is 1.99. The van der Waals surface area contributed by atoms with Crippen LogP contribution in [-0.4, -0.2) is 25.6 Å². The lowest BCUT2D eigenvalue weighted by Crippen LogP contribution is -2.15. The molecule has 1 aromatic heterocycles. The van der Waals surface area contributed by atoms with Crippen molar-refractivity contribution in [2.75, 3.05) is 16.3 Å². The molecule has 9 heteroatoms. The number of benzene rings is 1. The molecule has 1 amide bonds. The number of para-hydroxylation sites is 1. The van der Waals surface area contributed by atoms with Gasteiger partial charge in [0.25, 0.3) is 0 Å². The summed E-state index contributed by atoms with van der Waals surface area (Å²) in [6.07, 6.45) is 1.07. The molecule has 0 spiro atoms. The smallest absolute Gasteiger partial charge is 0.231 e. The van der Waals surface area contributed by atoms with E-state index in [1.54, 1.807) is 29.6 Å². The third kappa shape index (κ3) is 5.00. The van der Waals surface area contributed by atoms with Crippen molar-refractivity contribution in [3.8, 4) is 0 Å². The number of sulfonamides is 1. The molecule has 0 bridgehead atoms. The molecule has 0 saturated carbocycles. The van der Waals surface area contributed by atoms with Crippen LogP contribution >= 0.6 is 22.9 Å². The van der Waals surface area contributed by atoms with E-state index >= 15 is 0 Å². The van der Waals surface area contributed by atoms with E-state index in [-0.39, 0.29) is 17.5 Å². The zero-order valence-electron chi connectivity index (χ0n) is 11.0. The van der Waals surface area contributed by atoms with Gasteiger partial charge in [0.2, 0.25) is 15.9 Å². The molecule has 2 N–H and O–H groups in total. The Morgan fingerprint density at radius 1 is 1.38 bits per heavy atom. The van der Waals surface area contributed by atoms with Crippen LogP contribution in [0.15, 0.2) is 29.6 Å². The largest absolute Gasteiger partial charge is 0.324 e. The van der Waals surface area contributed by atoms with Crippen LogP contribution in [0.2, 0.25) is 5.02 Å². The molecule has 6 nitrogen and oxygen atoms in total. The molecular weight excluding hydrogens is 334 g/mol. The first kappa shape index (κ1) is 15.7. The molecule has 0 aliphatic heterocycles. The fourth-order valence-electron chi connectivity index (χ4n) is 1.52. The summed E-state index contributed by atoms with van der Waals surface area (Å²) in [5.41, 5.74) is 1.00. The molecule has 112 valence electrons. The summed E-state index contributed by atoms with van der Waals surface area (Å²) in [4.78, 5) is 15.9. The van der Waals surface area contributed by atoms with Crippen molar-refractivity contribution in [3.63, 3.8) is 0 Å². The monoisotopic (exact) mass is 345 g/mol. The molecule has 0 fully saturated rings. The Hall–Kier alpha value is -1.64. The third-order valence-electron chi connectivity index (χ3n) is 2.31. The van der Waals surface area contributed by atoms with Crippen LogP contribution in [0.4, 0.5) is 10.8 Å². The molecule has 0 unspecified atom stereocenters. The minimum atomic E-state index is -3.37. The van der Waals surface area contributed by atoms with Gasteiger partial charge in [0, 0.05) is 5.38 Å². The van der Waals surface area contributed by atoms with Crippen LogP contribution in [0.3, 0.4) is 0 Å². The summed E-state index contributed by atoms with van der Waals surface area (Å²) in [7, 11) is -3.37. The number of carbonyl (C=O) groups is 1. The first-order chi connectivity index (χ1) is 9.83. The summed E-state index contributed by atoms with van der Waals surface area (Å²) >= 11 is 7.06. The van der Waals surface area contributed by atoms with Gasteiger partial charge >= 0.3 is 0 Å². The second-order valence-electron chi connectivity index (χ2n) is 4.22. The van der Waals surface area contributed by atoms with E-state index in [1.165, 1.54) is 0 Å². The lowest BCUT2D eigenvalue weighted by molar-refractivity contribution is -0.115. The van der Waals surface area contributed by atoms with E-state index in [4.69, 9.17) is 11.6 Å². The Morgan fingerprint density at radius 2 is 2.10 bits per heavy atom. The quantitative estimate of drug-likeness (QED) is 0.870. The van der Waals surface area contributed by atoms with Crippen LogP contribution in [0.25, 0.3) is 0 Å². The van der Waals surface area contributed by atoms with Crippen LogP contribution in [0.5, 0.6) is 0 Å². The number of hydrogen-bond acceptors (Lipinski definition) is 5. The first-order valence-corrected chi connectivity index (χ1v) is 8.95. The number of hydrogen-bond donors (Lipinski definition) is 2. The van der Waals surface area contributed by atoms with E-state index < -0.39 is 10.0 Å². The van der Waals surface area contributed by atoms with Gasteiger partial charge in [-0.15, -0.1) is 11.3 Å². The molecule has 0 aliphatic rings. The van der Waals surface area contributed by atoms with E-state index in [0.29, 0.717) is 16.4 Å². The zero-order chi connectivity index (χ0) is 15.5. The van der Waals surface area contributed by atoms with Crippen molar-refractivity contribution < 1.29 is 13.2 Å². The Labute approximate surface area is 131 Å². The normalized spacial score (nSPS) is 11.1. The van der Waals surface area contributed by atoms with Crippen LogP contribution in [-0.2, 0) is 21.2 Å². The standard InChI is InChI=1S/C12H12ClN3O3S2/c1-21(18,19)16-12-14-8(7-20-12)6-11(17)15-10-5-3-2-4-9(10)13/h2-5,7H,6H2,1H3,(H,14,16)(H,15,17). The van der Waals surface area contributed by atoms with Crippen molar-refractivity contribution >= 4 is 49.7 Å². The van der Waals surface area contributed by atoms with E-state index in [9.17, 15) is 13.2 Å². The van der Waals surface area contributed by atoms with Gasteiger partial charge < -0.3 is 5.32 Å². The summed E-state index contributed by atoms with van der Waals surface area (Å²) < 4.78 is 24.4. The highest BCUT2D eigenvalue weighted by molar-refractivity contribution is 7.92.